The third-order valence-electron chi connectivity index (χ3n) is 2.74. The Morgan fingerprint density at radius 3 is 3.14 bits per heavy atom. The van der Waals surface area contributed by atoms with Crippen molar-refractivity contribution in [2.24, 2.45) is 0 Å². The quantitative estimate of drug-likeness (QED) is 0.780. The van der Waals surface area contributed by atoms with E-state index >= 15 is 0 Å². The molecule has 76 valence electrons. The van der Waals surface area contributed by atoms with Gasteiger partial charge >= 0.3 is 0 Å². The van der Waals surface area contributed by atoms with Crippen molar-refractivity contribution in [2.75, 3.05) is 6.54 Å². The fourth-order valence-electron chi connectivity index (χ4n) is 2.03. The molecule has 0 bridgehead atoms. The number of nitrogens with zero attached hydrogens (tertiary/aromatic N) is 1. The summed E-state index contributed by atoms with van der Waals surface area (Å²) in [5.41, 5.74) is 2.07. The van der Waals surface area contributed by atoms with Gasteiger partial charge in [0.25, 0.3) is 0 Å². The van der Waals surface area contributed by atoms with Gasteiger partial charge in [0, 0.05) is 11.7 Å². The van der Waals surface area contributed by atoms with Crippen molar-refractivity contribution in [3.05, 3.63) is 29.3 Å². The zero-order chi connectivity index (χ0) is 9.97. The zero-order valence-corrected chi connectivity index (χ0v) is 8.39. The van der Waals surface area contributed by atoms with Crippen molar-refractivity contribution in [1.82, 2.24) is 10.3 Å². The summed E-state index contributed by atoms with van der Waals surface area (Å²) in [6.45, 7) is 3.09. The van der Waals surface area contributed by atoms with E-state index in [4.69, 9.17) is 0 Å². The van der Waals surface area contributed by atoms with E-state index in [9.17, 15) is 4.39 Å². The van der Waals surface area contributed by atoms with Gasteiger partial charge in [0.05, 0.1) is 6.20 Å². The van der Waals surface area contributed by atoms with Crippen LogP contribution in [0.4, 0.5) is 4.39 Å². The van der Waals surface area contributed by atoms with E-state index in [1.165, 1.54) is 12.6 Å². The fourth-order valence-corrected chi connectivity index (χ4v) is 2.03. The zero-order valence-electron chi connectivity index (χ0n) is 8.39. The molecule has 2 nitrogen and oxygen atoms in total. The lowest BCUT2D eigenvalue weighted by molar-refractivity contribution is 0.591. The highest BCUT2D eigenvalue weighted by Gasteiger charge is 2.19. The monoisotopic (exact) mass is 194 g/mol. The first-order chi connectivity index (χ1) is 6.81. The van der Waals surface area contributed by atoms with Gasteiger partial charge in [-0.1, -0.05) is 6.92 Å². The molecule has 14 heavy (non-hydrogen) atoms. The minimum Gasteiger partial charge on any atom is -0.310 e. The molecular formula is C11H15FN2. The van der Waals surface area contributed by atoms with Gasteiger partial charge in [-0.25, -0.2) is 4.39 Å². The largest absolute Gasteiger partial charge is 0.310 e. The maximum atomic E-state index is 13.0. The third-order valence-corrected chi connectivity index (χ3v) is 2.74. The van der Waals surface area contributed by atoms with Gasteiger partial charge in [0.2, 0.25) is 0 Å². The average Bonchev–Trinajstić information content (AvgIpc) is 2.70. The molecule has 0 aliphatic carbocycles. The number of pyridine rings is 1. The minimum atomic E-state index is -0.231. The van der Waals surface area contributed by atoms with Crippen molar-refractivity contribution in [3.8, 4) is 0 Å². The van der Waals surface area contributed by atoms with Crippen molar-refractivity contribution in [2.45, 2.75) is 32.2 Å². The van der Waals surface area contributed by atoms with E-state index in [1.807, 2.05) is 0 Å². The lowest BCUT2D eigenvalue weighted by Gasteiger charge is -2.13. The highest BCUT2D eigenvalue weighted by atomic mass is 19.1. The molecule has 1 saturated heterocycles. The van der Waals surface area contributed by atoms with E-state index in [-0.39, 0.29) is 5.82 Å². The molecule has 0 aromatic carbocycles. The summed E-state index contributed by atoms with van der Waals surface area (Å²) in [5.74, 6) is -0.231. The van der Waals surface area contributed by atoms with Gasteiger partial charge in [-0.2, -0.15) is 0 Å². The summed E-state index contributed by atoms with van der Waals surface area (Å²) in [7, 11) is 0. The fraction of sp³-hybridized carbons (Fsp3) is 0.545. The Morgan fingerprint density at radius 2 is 2.50 bits per heavy atom. The van der Waals surface area contributed by atoms with Crippen molar-refractivity contribution in [1.29, 1.82) is 0 Å². The van der Waals surface area contributed by atoms with Crippen molar-refractivity contribution >= 4 is 0 Å². The molecule has 0 spiro atoms. The predicted octanol–water partition coefficient (Wildman–Crippen LogP) is 2.21. The number of nitrogens with one attached hydrogen (secondary N) is 1. The van der Waals surface area contributed by atoms with E-state index in [1.54, 1.807) is 6.07 Å². The highest BCUT2D eigenvalue weighted by molar-refractivity contribution is 5.25. The van der Waals surface area contributed by atoms with Crippen LogP contribution >= 0.6 is 0 Å². The molecule has 2 rings (SSSR count). The lowest BCUT2D eigenvalue weighted by atomic mass is 10.0. The molecule has 2 heterocycles. The minimum absolute atomic E-state index is 0.231. The topological polar surface area (TPSA) is 24.9 Å². The first-order valence-corrected chi connectivity index (χ1v) is 5.19. The maximum absolute atomic E-state index is 13.0. The number of aromatic nitrogens is 1. The molecule has 0 saturated carbocycles. The van der Waals surface area contributed by atoms with Crippen LogP contribution in [-0.2, 0) is 6.42 Å². The molecule has 0 radical (unpaired) electrons. The van der Waals surface area contributed by atoms with Crippen LogP contribution in [0.5, 0.6) is 0 Å². The molecule has 1 N–H and O–H groups in total. The van der Waals surface area contributed by atoms with Crippen molar-refractivity contribution < 1.29 is 4.39 Å². The molecule has 1 aromatic heterocycles. The third kappa shape index (κ3) is 1.77. The Labute approximate surface area is 83.6 Å². The van der Waals surface area contributed by atoms with E-state index in [0.717, 1.165) is 30.6 Å². The summed E-state index contributed by atoms with van der Waals surface area (Å²) in [4.78, 5) is 4.13. The number of hydrogen-bond donors (Lipinski definition) is 1. The molecule has 1 aliphatic rings. The van der Waals surface area contributed by atoms with Gasteiger partial charge in [-0.15, -0.1) is 0 Å². The van der Waals surface area contributed by atoms with Crippen LogP contribution in [0.1, 0.15) is 37.1 Å². The molecule has 1 fully saturated rings. The van der Waals surface area contributed by atoms with E-state index in [0.29, 0.717) is 6.04 Å². The van der Waals surface area contributed by atoms with Crippen molar-refractivity contribution in [3.63, 3.8) is 0 Å². The first-order valence-electron chi connectivity index (χ1n) is 5.19. The summed E-state index contributed by atoms with van der Waals surface area (Å²) in [6.07, 6.45) is 4.44. The summed E-state index contributed by atoms with van der Waals surface area (Å²) >= 11 is 0. The molecule has 1 aromatic rings. The summed E-state index contributed by atoms with van der Waals surface area (Å²) in [5, 5.41) is 3.37. The molecule has 0 amide bonds. The van der Waals surface area contributed by atoms with Crippen LogP contribution in [0.25, 0.3) is 0 Å². The second-order valence-corrected chi connectivity index (χ2v) is 3.69. The van der Waals surface area contributed by atoms with Crippen LogP contribution in [0.3, 0.4) is 0 Å². The Balaban J connectivity index is 2.33. The second kappa shape index (κ2) is 4.05. The SMILES string of the molecule is CCc1ncc(F)cc1C1CCCN1. The first kappa shape index (κ1) is 9.59. The lowest BCUT2D eigenvalue weighted by Crippen LogP contribution is -2.15. The molecular weight excluding hydrogens is 179 g/mol. The predicted molar refractivity (Wildman–Crippen MR) is 53.6 cm³/mol. The number of hydrogen-bond acceptors (Lipinski definition) is 2. The Hall–Kier alpha value is -0.960. The average molecular weight is 194 g/mol. The number of rotatable bonds is 2. The molecule has 1 unspecified atom stereocenters. The van der Waals surface area contributed by atoms with Gasteiger partial charge in [0.1, 0.15) is 5.82 Å². The van der Waals surface area contributed by atoms with Crippen LogP contribution in [0, 0.1) is 5.82 Å². The Morgan fingerprint density at radius 1 is 1.64 bits per heavy atom. The Bertz CT molecular complexity index is 319. The van der Waals surface area contributed by atoms with Gasteiger partial charge in [-0.3, -0.25) is 4.98 Å². The van der Waals surface area contributed by atoms with E-state index < -0.39 is 0 Å². The second-order valence-electron chi connectivity index (χ2n) is 3.69. The van der Waals surface area contributed by atoms with Crippen LogP contribution in [0.2, 0.25) is 0 Å². The summed E-state index contributed by atoms with van der Waals surface area (Å²) < 4.78 is 13.0. The van der Waals surface area contributed by atoms with E-state index in [2.05, 4.69) is 17.2 Å². The number of halogens is 1. The van der Waals surface area contributed by atoms with Crippen LogP contribution < -0.4 is 5.32 Å². The van der Waals surface area contributed by atoms with Crippen LogP contribution in [0.15, 0.2) is 12.3 Å². The standard InChI is InChI=1S/C11H15FN2/c1-2-10-9(6-8(12)7-14-10)11-4-3-5-13-11/h6-7,11,13H,2-5H2,1H3. The van der Waals surface area contributed by atoms with Crippen LogP contribution in [-0.4, -0.2) is 11.5 Å². The van der Waals surface area contributed by atoms with Gasteiger partial charge in [-0.05, 0) is 37.4 Å². The van der Waals surface area contributed by atoms with Gasteiger partial charge < -0.3 is 5.32 Å². The highest BCUT2D eigenvalue weighted by Crippen LogP contribution is 2.25. The molecule has 1 aliphatic heterocycles. The molecule has 1 atom stereocenters. The number of aryl methyl sites for hydroxylation is 1. The normalized spacial score (nSPS) is 21.4. The summed E-state index contributed by atoms with van der Waals surface area (Å²) in [6, 6.07) is 1.93. The maximum Gasteiger partial charge on any atom is 0.141 e. The molecule has 3 heteroatoms. The Kier molecular flexibility index (Phi) is 2.77. The smallest absolute Gasteiger partial charge is 0.141 e. The van der Waals surface area contributed by atoms with Gasteiger partial charge in [0.15, 0.2) is 0 Å².